The Morgan fingerprint density at radius 1 is 0.500 bits per heavy atom. The summed E-state index contributed by atoms with van der Waals surface area (Å²) >= 11 is 0. The van der Waals surface area contributed by atoms with Crippen molar-refractivity contribution in [2.24, 2.45) is 0 Å². The summed E-state index contributed by atoms with van der Waals surface area (Å²) in [7, 11) is 0. The minimum Gasteiger partial charge on any atom is -0.456 e. The van der Waals surface area contributed by atoms with Gasteiger partial charge in [-0.05, 0) is 58.1 Å². The van der Waals surface area contributed by atoms with E-state index in [1.54, 1.807) is 0 Å². The van der Waals surface area contributed by atoms with Crippen LogP contribution < -0.4 is 4.90 Å². The average molecular weight is 562 g/mol. The maximum absolute atomic E-state index is 6.28. The molecule has 204 valence electrons. The monoisotopic (exact) mass is 561 g/mol. The Labute approximate surface area is 252 Å². The van der Waals surface area contributed by atoms with Gasteiger partial charge in [0, 0.05) is 32.7 Å². The van der Waals surface area contributed by atoms with Crippen molar-refractivity contribution in [3.8, 4) is 22.4 Å². The highest BCUT2D eigenvalue weighted by Crippen LogP contribution is 2.52. The molecule has 7 aromatic carbocycles. The van der Waals surface area contributed by atoms with Gasteiger partial charge in [-0.2, -0.15) is 0 Å². The van der Waals surface area contributed by atoms with Crippen molar-refractivity contribution in [2.75, 3.05) is 4.90 Å². The van der Waals surface area contributed by atoms with Gasteiger partial charge < -0.3 is 4.42 Å². The zero-order valence-electron chi connectivity index (χ0n) is 23.5. The van der Waals surface area contributed by atoms with E-state index >= 15 is 0 Å². The SMILES string of the molecule is c1ccc2c3c(ccc2c1)N(c1nc(-c2ccc4c(c2)oc2ccccc24)c2ccccc2n1)c1cccc2cccc-3c12. The first-order valence-corrected chi connectivity index (χ1v) is 14.8. The van der Waals surface area contributed by atoms with Crippen LogP contribution in [-0.2, 0) is 0 Å². The summed E-state index contributed by atoms with van der Waals surface area (Å²) in [6.07, 6.45) is 0. The van der Waals surface area contributed by atoms with Gasteiger partial charge in [0.1, 0.15) is 11.2 Å². The summed E-state index contributed by atoms with van der Waals surface area (Å²) in [4.78, 5) is 12.8. The summed E-state index contributed by atoms with van der Waals surface area (Å²) in [5, 5.41) is 8.05. The number of nitrogens with zero attached hydrogens (tertiary/aromatic N) is 3. The molecule has 0 radical (unpaired) electrons. The number of para-hydroxylation sites is 2. The van der Waals surface area contributed by atoms with Crippen molar-refractivity contribution in [3.63, 3.8) is 0 Å². The van der Waals surface area contributed by atoms with Gasteiger partial charge in [0.15, 0.2) is 0 Å². The molecule has 10 rings (SSSR count). The van der Waals surface area contributed by atoms with Crippen LogP contribution in [0.25, 0.3) is 76.8 Å². The number of aromatic nitrogens is 2. The summed E-state index contributed by atoms with van der Waals surface area (Å²) in [6, 6.07) is 49.0. The Bertz CT molecular complexity index is 2630. The van der Waals surface area contributed by atoms with Crippen LogP contribution in [0.3, 0.4) is 0 Å². The van der Waals surface area contributed by atoms with Gasteiger partial charge in [-0.25, -0.2) is 9.97 Å². The third-order valence-corrected chi connectivity index (χ3v) is 8.98. The number of rotatable bonds is 2. The molecule has 9 aromatic rings. The van der Waals surface area contributed by atoms with E-state index in [0.717, 1.165) is 55.5 Å². The number of hydrogen-bond acceptors (Lipinski definition) is 4. The van der Waals surface area contributed by atoms with Crippen LogP contribution in [0.1, 0.15) is 0 Å². The van der Waals surface area contributed by atoms with E-state index < -0.39 is 0 Å². The summed E-state index contributed by atoms with van der Waals surface area (Å²) in [5.41, 5.74) is 9.08. The molecule has 0 unspecified atom stereocenters. The predicted molar refractivity (Wildman–Crippen MR) is 181 cm³/mol. The second-order valence-electron chi connectivity index (χ2n) is 11.4. The van der Waals surface area contributed by atoms with Gasteiger partial charge in [-0.15, -0.1) is 0 Å². The van der Waals surface area contributed by atoms with Crippen molar-refractivity contribution in [1.82, 2.24) is 9.97 Å². The lowest BCUT2D eigenvalue weighted by Crippen LogP contribution is -2.18. The lowest BCUT2D eigenvalue weighted by atomic mass is 9.88. The fraction of sp³-hybridized carbons (Fsp3) is 0. The van der Waals surface area contributed by atoms with Gasteiger partial charge in [0.25, 0.3) is 0 Å². The Balaban J connectivity index is 1.28. The smallest absolute Gasteiger partial charge is 0.235 e. The molecule has 0 atom stereocenters. The lowest BCUT2D eigenvalue weighted by molar-refractivity contribution is 0.669. The maximum atomic E-state index is 6.28. The number of fused-ring (bicyclic) bond motifs is 8. The summed E-state index contributed by atoms with van der Waals surface area (Å²) in [5.74, 6) is 0.641. The first-order valence-electron chi connectivity index (χ1n) is 14.8. The molecular weight excluding hydrogens is 538 g/mol. The summed E-state index contributed by atoms with van der Waals surface area (Å²) < 4.78 is 6.28. The molecule has 0 amide bonds. The summed E-state index contributed by atoms with van der Waals surface area (Å²) in [6.45, 7) is 0. The van der Waals surface area contributed by atoms with Crippen molar-refractivity contribution >= 4 is 71.7 Å². The van der Waals surface area contributed by atoms with Gasteiger partial charge in [-0.3, -0.25) is 4.90 Å². The number of benzene rings is 7. The molecule has 0 spiro atoms. The topological polar surface area (TPSA) is 42.2 Å². The van der Waals surface area contributed by atoms with Crippen LogP contribution in [0.2, 0.25) is 0 Å². The molecule has 4 nitrogen and oxygen atoms in total. The van der Waals surface area contributed by atoms with Gasteiger partial charge >= 0.3 is 0 Å². The molecule has 4 heteroatoms. The molecule has 1 aliphatic heterocycles. The molecule has 0 saturated carbocycles. The van der Waals surface area contributed by atoms with E-state index in [2.05, 4.69) is 114 Å². The van der Waals surface area contributed by atoms with E-state index in [1.807, 2.05) is 30.3 Å². The highest BCUT2D eigenvalue weighted by Gasteiger charge is 2.29. The van der Waals surface area contributed by atoms with Crippen LogP contribution in [0.15, 0.2) is 144 Å². The molecule has 0 aliphatic carbocycles. The molecule has 3 heterocycles. The molecule has 0 saturated heterocycles. The van der Waals surface area contributed by atoms with Crippen LogP contribution >= 0.6 is 0 Å². The Kier molecular flexibility index (Phi) is 4.69. The molecule has 0 bridgehead atoms. The number of hydrogen-bond donors (Lipinski definition) is 0. The Morgan fingerprint density at radius 3 is 2.18 bits per heavy atom. The van der Waals surface area contributed by atoms with E-state index in [1.165, 1.54) is 32.7 Å². The standard InChI is InChI=1S/C40H23N3O/c1-2-12-27-24(9-1)20-22-34-38(27)31-15-7-10-25-11-8-17-33(37(25)31)43(34)40-41-32-16-5-3-14-30(32)39(42-40)26-19-21-29-28-13-4-6-18-35(28)44-36(29)23-26/h1-23H. The maximum Gasteiger partial charge on any atom is 0.235 e. The molecule has 0 fully saturated rings. The Hall–Kier alpha value is -6.00. The largest absolute Gasteiger partial charge is 0.456 e. The second kappa shape index (κ2) is 8.76. The van der Waals surface area contributed by atoms with Crippen LogP contribution in [-0.4, -0.2) is 9.97 Å². The second-order valence-corrected chi connectivity index (χ2v) is 11.4. The highest BCUT2D eigenvalue weighted by atomic mass is 16.3. The van der Waals surface area contributed by atoms with Gasteiger partial charge in [-0.1, -0.05) is 103 Å². The predicted octanol–water partition coefficient (Wildman–Crippen LogP) is 11.0. The fourth-order valence-electron chi connectivity index (χ4n) is 7.05. The zero-order valence-corrected chi connectivity index (χ0v) is 23.5. The number of anilines is 3. The highest BCUT2D eigenvalue weighted by molar-refractivity contribution is 6.19. The molecule has 1 aliphatic rings. The van der Waals surface area contributed by atoms with Crippen LogP contribution in [0, 0.1) is 0 Å². The van der Waals surface area contributed by atoms with Crippen LogP contribution in [0.5, 0.6) is 0 Å². The average Bonchev–Trinajstić information content (AvgIpc) is 3.46. The third-order valence-electron chi connectivity index (χ3n) is 8.98. The normalized spacial score (nSPS) is 12.5. The van der Waals surface area contributed by atoms with Gasteiger partial charge in [0.05, 0.1) is 22.6 Å². The third kappa shape index (κ3) is 3.22. The van der Waals surface area contributed by atoms with Crippen molar-refractivity contribution in [1.29, 1.82) is 0 Å². The number of furan rings is 1. The van der Waals surface area contributed by atoms with E-state index in [0.29, 0.717) is 5.95 Å². The minimum absolute atomic E-state index is 0.641. The fourth-order valence-corrected chi connectivity index (χ4v) is 7.05. The molecule has 2 aromatic heterocycles. The van der Waals surface area contributed by atoms with Gasteiger partial charge in [0.2, 0.25) is 5.95 Å². The minimum atomic E-state index is 0.641. The van der Waals surface area contributed by atoms with E-state index in [4.69, 9.17) is 14.4 Å². The molecule has 44 heavy (non-hydrogen) atoms. The first kappa shape index (κ1) is 23.6. The first-order chi connectivity index (χ1) is 21.8. The van der Waals surface area contributed by atoms with E-state index in [-0.39, 0.29) is 0 Å². The quantitative estimate of drug-likeness (QED) is 0.211. The lowest BCUT2D eigenvalue weighted by Gasteiger charge is -2.33. The van der Waals surface area contributed by atoms with Crippen molar-refractivity contribution in [2.45, 2.75) is 0 Å². The van der Waals surface area contributed by atoms with Crippen molar-refractivity contribution in [3.05, 3.63) is 140 Å². The Morgan fingerprint density at radius 2 is 1.25 bits per heavy atom. The van der Waals surface area contributed by atoms with Crippen LogP contribution in [0.4, 0.5) is 17.3 Å². The molecular formula is C40H23N3O. The van der Waals surface area contributed by atoms with Crippen molar-refractivity contribution < 1.29 is 4.42 Å². The zero-order chi connectivity index (χ0) is 28.8. The van der Waals surface area contributed by atoms with E-state index in [9.17, 15) is 0 Å². The molecule has 0 N–H and O–H groups in total.